The quantitative estimate of drug-likeness (QED) is 0.0375. The minimum absolute atomic E-state index is 0.0183. The maximum absolute atomic E-state index is 9.38. The van der Waals surface area contributed by atoms with E-state index in [4.69, 9.17) is 43.4 Å². The van der Waals surface area contributed by atoms with E-state index in [1.807, 2.05) is 7.11 Å². The van der Waals surface area contributed by atoms with Crippen LogP contribution in [0.5, 0.6) is 0 Å². The molecule has 3 saturated heterocycles. The van der Waals surface area contributed by atoms with Gasteiger partial charge in [-0.25, -0.2) is 0 Å². The van der Waals surface area contributed by atoms with Gasteiger partial charge in [-0.15, -0.1) is 0 Å². The highest BCUT2D eigenvalue weighted by molar-refractivity contribution is 5.21. The van der Waals surface area contributed by atoms with Crippen molar-refractivity contribution in [2.24, 2.45) is 85.8 Å². The fourth-order valence-corrected chi connectivity index (χ4v) is 22.7. The first-order chi connectivity index (χ1) is 45.2. The number of aliphatic hydroxyl groups excluding tert-OH is 6. The number of nitrogens with one attached hydrogen (secondary N) is 1. The topological polar surface area (TPSA) is 204 Å². The van der Waals surface area contributed by atoms with E-state index in [1.54, 1.807) is 0 Å². The molecule has 0 aromatic rings. The first-order valence-corrected chi connectivity index (χ1v) is 38.4. The Balaban J connectivity index is 0.000000159. The van der Waals surface area contributed by atoms with Gasteiger partial charge in [-0.05, 0) is 187 Å². The third-order valence-electron chi connectivity index (χ3n) is 27.9. The Hall–Kier alpha value is -1.42. The monoisotopic (exact) mass is 1320 g/mol. The summed E-state index contributed by atoms with van der Waals surface area (Å²) in [5.74, 6) is 5.07. The van der Waals surface area contributed by atoms with Crippen LogP contribution in [0, 0.1) is 85.8 Å². The van der Waals surface area contributed by atoms with Gasteiger partial charge in [-0.2, -0.15) is 0 Å². The number of aliphatic hydroxyl groups is 6. The molecule has 0 aromatic heterocycles. The van der Waals surface area contributed by atoms with Crippen molar-refractivity contribution in [2.45, 2.75) is 246 Å². The predicted octanol–water partition coefficient (Wildman–Crippen LogP) is 11.5. The van der Waals surface area contributed by atoms with E-state index in [0.717, 1.165) is 90.9 Å². The molecule has 3 aliphatic heterocycles. The van der Waals surface area contributed by atoms with Crippen molar-refractivity contribution < 1.29 is 63.8 Å². The minimum atomic E-state index is 0.0183. The zero-order valence-corrected chi connectivity index (χ0v) is 60.3. The van der Waals surface area contributed by atoms with E-state index in [1.165, 1.54) is 132 Å². The van der Waals surface area contributed by atoms with Crippen molar-refractivity contribution in [3.8, 4) is 0 Å². The fourth-order valence-electron chi connectivity index (χ4n) is 22.7. The first kappa shape index (κ1) is 76.8. The number of hydrogen-bond donors (Lipinski definition) is 7. The number of methoxy groups -OCH3 is 1. The van der Waals surface area contributed by atoms with Crippen molar-refractivity contribution in [3.63, 3.8) is 0 Å². The van der Waals surface area contributed by atoms with Crippen LogP contribution in [0.25, 0.3) is 0 Å². The van der Waals surface area contributed by atoms with Gasteiger partial charge in [0, 0.05) is 86.3 Å². The van der Waals surface area contributed by atoms with Gasteiger partial charge in [-0.1, -0.05) is 117 Å². The third-order valence-corrected chi connectivity index (χ3v) is 27.9. The molecule has 3 heterocycles. The van der Waals surface area contributed by atoms with E-state index in [9.17, 15) is 20.4 Å². The van der Waals surface area contributed by atoms with Crippen LogP contribution >= 0.6 is 0 Å². The molecule has 12 aliphatic rings. The largest absolute Gasteiger partial charge is 0.395 e. The van der Waals surface area contributed by atoms with Crippen molar-refractivity contribution in [1.29, 1.82) is 0 Å². The lowest BCUT2D eigenvalue weighted by Gasteiger charge is -2.63. The molecule has 7 N–H and O–H groups in total. The number of rotatable bonds is 23. The van der Waals surface area contributed by atoms with Crippen molar-refractivity contribution in [1.82, 2.24) is 15.1 Å². The molecule has 16 nitrogen and oxygen atoms in total. The normalized spacial score (nSPS) is 40.8. The number of nitrogens with zero attached hydrogens (tertiary/aromatic N) is 2. The van der Waals surface area contributed by atoms with Gasteiger partial charge < -0.3 is 69.1 Å². The van der Waals surface area contributed by atoms with Gasteiger partial charge in [0.25, 0.3) is 0 Å². The van der Waals surface area contributed by atoms with Gasteiger partial charge in [0.15, 0.2) is 18.9 Å². The molecule has 12 fully saturated rings. The Morgan fingerprint density at radius 1 is 0.404 bits per heavy atom. The second kappa shape index (κ2) is 35.0. The van der Waals surface area contributed by atoms with Crippen LogP contribution in [0.15, 0.2) is 36.5 Å². The lowest BCUT2D eigenvalue weighted by molar-refractivity contribution is -0.316. The molecular weight excluding hydrogens is 1190 g/mol. The van der Waals surface area contributed by atoms with Crippen LogP contribution in [-0.4, -0.2) is 203 Å². The van der Waals surface area contributed by atoms with Gasteiger partial charge >= 0.3 is 0 Å². The summed E-state index contributed by atoms with van der Waals surface area (Å²) in [6, 6.07) is 0. The van der Waals surface area contributed by atoms with Crippen LogP contribution in [0.4, 0.5) is 0 Å². The zero-order chi connectivity index (χ0) is 67.3. The molecule has 16 heteroatoms. The number of allylic oxidation sites excluding steroid dienone is 2. The molecule has 9 saturated carbocycles. The van der Waals surface area contributed by atoms with Gasteiger partial charge in [-0.3, -0.25) is 9.80 Å². The van der Waals surface area contributed by atoms with E-state index >= 15 is 0 Å². The highest BCUT2D eigenvalue weighted by Crippen LogP contribution is 2.67. The molecule has 0 aromatic carbocycles. The summed E-state index contributed by atoms with van der Waals surface area (Å²) in [6.45, 7) is 37.8. The molecule has 94 heavy (non-hydrogen) atoms. The molecular formula is C78H137N3O13. The lowest BCUT2D eigenvalue weighted by atomic mass is 9.46. The Bertz CT molecular complexity index is 2210. The van der Waals surface area contributed by atoms with Crippen LogP contribution in [-0.2, 0) is 33.2 Å². The maximum atomic E-state index is 9.38. The molecule has 0 amide bonds. The highest BCUT2D eigenvalue weighted by atomic mass is 16.7. The van der Waals surface area contributed by atoms with E-state index in [-0.39, 0.29) is 91.0 Å². The Morgan fingerprint density at radius 3 is 0.989 bits per heavy atom. The smallest absolute Gasteiger partial charge is 0.160 e. The summed E-state index contributed by atoms with van der Waals surface area (Å²) in [4.78, 5) is 4.37. The van der Waals surface area contributed by atoms with Crippen LogP contribution < -0.4 is 5.32 Å². The van der Waals surface area contributed by atoms with E-state index < -0.39 is 0 Å². The molecule has 3 unspecified atom stereocenters. The van der Waals surface area contributed by atoms with Gasteiger partial charge in [0.2, 0.25) is 0 Å². The standard InChI is InChI=1S/2C26H45NO4.C22H36O3.C4H11NO2/c2*1-19-8-9-22-25(2,21(19)11-13-27(14-16-28)15-17-29)12-10-23-26(22,3)18-30-24(31-23)20-6-4-5-7-20;1-15-9-10-18-21(2,17(15)13-23-4)12-11-19-22(18,3)14-24-20(25-19)16-7-5-6-8-16;6-3-1-5-2-4-7/h2*20-24,28-29H,1,4-18H2,2-3H3;16-20H,1,5-14H2,2-4H3;5-7H,1-4H2/t2*21-,22?,23-,24-,25+,26+;17-,18?,19-,20-,21+,22+;/m111./s1. The van der Waals surface area contributed by atoms with Crippen molar-refractivity contribution >= 4 is 0 Å². The Morgan fingerprint density at radius 2 is 0.702 bits per heavy atom. The molecule has 0 radical (unpaired) electrons. The van der Waals surface area contributed by atoms with E-state index in [2.05, 4.69) is 76.4 Å². The SMILES string of the molecule is C=C1CCC2[C@]3(C)CO[C@@H](C4CCCC4)O[C@@H]3CC[C@@]2(C)[C@@H]1CCN(CCO)CCO.C=C1CCC2[C@]3(C)CO[C@@H](C4CCCC4)O[C@@H]3CC[C@@]2(C)[C@@H]1CCN(CCO)CCO.C=C1CCC2[C@]3(C)CO[C@@H](C4CCCC4)O[C@@H]3CC[C@@]2(C)[C@@H]1COC.OCCNCCO. The fraction of sp³-hybridized carbons (Fsp3) is 0.923. The molecule has 0 spiro atoms. The molecule has 0 bridgehead atoms. The number of fused-ring (bicyclic) bond motifs is 9. The average molecular weight is 1320 g/mol. The van der Waals surface area contributed by atoms with Crippen molar-refractivity contribution in [3.05, 3.63) is 36.5 Å². The molecule has 542 valence electrons. The van der Waals surface area contributed by atoms with Gasteiger partial charge in [0.05, 0.1) is 84.4 Å². The van der Waals surface area contributed by atoms with E-state index in [0.29, 0.717) is 111 Å². The highest BCUT2D eigenvalue weighted by Gasteiger charge is 2.64. The summed E-state index contributed by atoms with van der Waals surface area (Å²) < 4.78 is 44.9. The van der Waals surface area contributed by atoms with Crippen LogP contribution in [0.1, 0.15) is 208 Å². The molecule has 18 atom stereocenters. The molecule has 12 rings (SSSR count). The Labute approximate surface area is 569 Å². The molecule has 9 aliphatic carbocycles. The summed E-state index contributed by atoms with van der Waals surface area (Å²) in [7, 11) is 1.83. The zero-order valence-electron chi connectivity index (χ0n) is 60.3. The summed E-state index contributed by atoms with van der Waals surface area (Å²) in [5, 5.41) is 56.6. The summed E-state index contributed by atoms with van der Waals surface area (Å²) >= 11 is 0. The first-order valence-electron chi connectivity index (χ1n) is 38.4. The van der Waals surface area contributed by atoms with Crippen LogP contribution in [0.2, 0.25) is 0 Å². The van der Waals surface area contributed by atoms with Gasteiger partial charge in [0.1, 0.15) is 0 Å². The van der Waals surface area contributed by atoms with Crippen molar-refractivity contribution in [2.75, 3.05) is 126 Å². The minimum Gasteiger partial charge on any atom is -0.395 e. The summed E-state index contributed by atoms with van der Waals surface area (Å²) in [5.41, 5.74) is 5.19. The van der Waals surface area contributed by atoms with Crippen LogP contribution in [0.3, 0.4) is 0 Å². The lowest BCUT2D eigenvalue weighted by Crippen LogP contribution is -2.62. The average Bonchev–Trinajstić information content (AvgIpc) is 0.746. The third kappa shape index (κ3) is 16.9. The second-order valence-electron chi connectivity index (χ2n) is 33.4. The number of hydrogen-bond acceptors (Lipinski definition) is 16. The summed E-state index contributed by atoms with van der Waals surface area (Å²) in [6.07, 6.45) is 32.7. The number of ether oxygens (including phenoxy) is 7. The predicted molar refractivity (Wildman–Crippen MR) is 371 cm³/mol. The Kier molecular flexibility index (Phi) is 28.6. The second-order valence-corrected chi connectivity index (χ2v) is 33.4. The maximum Gasteiger partial charge on any atom is 0.160 e.